The Bertz CT molecular complexity index is 717. The zero-order chi connectivity index (χ0) is 21.5. The van der Waals surface area contributed by atoms with E-state index in [0.717, 1.165) is 11.3 Å². The molecule has 0 saturated heterocycles. The molecular weight excluding hydrogens is 377 g/mol. The summed E-state index contributed by atoms with van der Waals surface area (Å²) in [5, 5.41) is 8.87. The lowest BCUT2D eigenvalue weighted by Crippen LogP contribution is -2.28. The maximum Gasteiger partial charge on any atom is 0.422 e. The van der Waals surface area contributed by atoms with Crippen molar-refractivity contribution in [1.29, 1.82) is 0 Å². The van der Waals surface area contributed by atoms with Crippen LogP contribution in [0.1, 0.15) is 33.3 Å². The number of nitrogens with one attached hydrogen (secondary N) is 1. The molecule has 0 amide bonds. The number of rotatable bonds is 5. The molecule has 0 aliphatic carbocycles. The average Bonchev–Trinajstić information content (AvgIpc) is 2.53. The molecule has 1 aliphatic rings. The number of aliphatic imine (C=N–C) groups is 1. The molecule has 0 fully saturated rings. The van der Waals surface area contributed by atoms with Crippen molar-refractivity contribution in [2.24, 2.45) is 4.99 Å². The highest BCUT2D eigenvalue weighted by atomic mass is 19.4. The van der Waals surface area contributed by atoms with Crippen LogP contribution in [-0.2, 0) is 11.3 Å². The van der Waals surface area contributed by atoms with Crippen LogP contribution in [0, 0.1) is 0 Å². The molecule has 1 aromatic rings. The summed E-state index contributed by atoms with van der Waals surface area (Å²) in [5.74, 6) is -1.19. The Hall–Kier alpha value is -2.62. The van der Waals surface area contributed by atoms with E-state index >= 15 is 0 Å². The molecule has 0 atom stereocenters. The van der Waals surface area contributed by atoms with Crippen molar-refractivity contribution in [1.82, 2.24) is 9.88 Å². The van der Waals surface area contributed by atoms with Crippen LogP contribution in [0.2, 0.25) is 0 Å². The molecule has 2 rings (SSSR count). The van der Waals surface area contributed by atoms with Crippen molar-refractivity contribution in [2.75, 3.05) is 13.3 Å². The third kappa shape index (κ3) is 9.91. The second kappa shape index (κ2) is 9.54. The Labute approximate surface area is 161 Å². The zero-order valence-corrected chi connectivity index (χ0v) is 16.2. The number of allylic oxidation sites excluding steroid dienone is 1. The average molecular weight is 401 g/mol. The van der Waals surface area contributed by atoms with E-state index < -0.39 is 18.8 Å². The number of aliphatic carboxylic acids is 1. The summed E-state index contributed by atoms with van der Waals surface area (Å²) in [6, 6.07) is 2.96. The van der Waals surface area contributed by atoms with Crippen molar-refractivity contribution in [3.63, 3.8) is 0 Å². The lowest BCUT2D eigenvalue weighted by atomic mass is 10.1. The molecule has 10 heteroatoms. The van der Waals surface area contributed by atoms with Gasteiger partial charge in [0.15, 0.2) is 6.61 Å². The van der Waals surface area contributed by atoms with E-state index in [1.807, 2.05) is 25.7 Å². The highest BCUT2D eigenvalue weighted by molar-refractivity contribution is 6.40. The van der Waals surface area contributed by atoms with Crippen LogP contribution in [0.15, 0.2) is 35.1 Å². The van der Waals surface area contributed by atoms with E-state index in [9.17, 15) is 18.0 Å². The molecule has 156 valence electrons. The zero-order valence-electron chi connectivity index (χ0n) is 16.2. The molecule has 2 heterocycles. The van der Waals surface area contributed by atoms with E-state index in [-0.39, 0.29) is 23.8 Å². The molecule has 0 bridgehead atoms. The van der Waals surface area contributed by atoms with Crippen molar-refractivity contribution in [2.45, 2.75) is 46.0 Å². The van der Waals surface area contributed by atoms with Crippen molar-refractivity contribution < 1.29 is 27.8 Å². The Morgan fingerprint density at radius 2 is 1.93 bits per heavy atom. The van der Waals surface area contributed by atoms with Crippen LogP contribution in [-0.4, -0.2) is 51.7 Å². The lowest BCUT2D eigenvalue weighted by molar-refractivity contribution is -0.154. The highest BCUT2D eigenvalue weighted by Crippen LogP contribution is 2.18. The number of hydrogen-bond donors (Lipinski definition) is 1. The van der Waals surface area contributed by atoms with E-state index in [4.69, 9.17) is 10.8 Å². The number of carbonyl (C=O) groups is 1. The number of halogens is 3. The van der Waals surface area contributed by atoms with Crippen LogP contribution in [0.3, 0.4) is 0 Å². The van der Waals surface area contributed by atoms with Gasteiger partial charge in [0, 0.05) is 24.5 Å². The second-order valence-corrected chi connectivity index (χ2v) is 7.13. The molecule has 1 aliphatic heterocycles. The van der Waals surface area contributed by atoms with Crippen LogP contribution in [0.4, 0.5) is 13.2 Å². The lowest BCUT2D eigenvalue weighted by Gasteiger charge is -2.26. The summed E-state index contributed by atoms with van der Waals surface area (Å²) in [7, 11) is 0. The van der Waals surface area contributed by atoms with Gasteiger partial charge in [-0.05, 0) is 18.6 Å². The van der Waals surface area contributed by atoms with E-state index in [2.05, 4.69) is 14.7 Å². The van der Waals surface area contributed by atoms with Gasteiger partial charge >= 0.3 is 12.1 Å². The predicted molar refractivity (Wildman–Crippen MR) is 99.1 cm³/mol. The number of nitrogens with zero attached hydrogens (tertiary/aromatic N) is 3. The SMILES string of the molecule is CC(C)(C)[NH-].CC1=CC(C(=O)O)=NCN1Cc1ccc(OCC(F)(F)F)nc1. The number of carboxylic acid groups (broad SMARTS) is 1. The standard InChI is InChI=1S/C14H14F3N3O3.C4H10N/c1-9-4-11(13(21)22)19-8-20(9)6-10-2-3-12(18-5-10)23-7-14(15,16)17;1-4(2,3)5/h2-5H,6-8H2,1H3,(H,21,22);5H,1-3H3/q;-1. The minimum absolute atomic E-state index is 0.00669. The monoisotopic (exact) mass is 401 g/mol. The van der Waals surface area contributed by atoms with Crippen LogP contribution in [0.25, 0.3) is 5.73 Å². The molecule has 0 saturated carbocycles. The molecule has 2 N–H and O–H groups in total. The molecule has 1 aromatic heterocycles. The third-order valence-corrected chi connectivity index (χ3v) is 3.03. The van der Waals surface area contributed by atoms with Gasteiger partial charge in [0.05, 0.1) is 0 Å². The van der Waals surface area contributed by atoms with Gasteiger partial charge in [-0.25, -0.2) is 9.78 Å². The van der Waals surface area contributed by atoms with Gasteiger partial charge < -0.3 is 20.5 Å². The first-order valence-corrected chi connectivity index (χ1v) is 8.35. The maximum absolute atomic E-state index is 12.0. The van der Waals surface area contributed by atoms with Crippen LogP contribution in [0.5, 0.6) is 5.88 Å². The van der Waals surface area contributed by atoms with Crippen LogP contribution < -0.4 is 4.74 Å². The number of carboxylic acids is 1. The van der Waals surface area contributed by atoms with E-state index in [0.29, 0.717) is 6.54 Å². The van der Waals surface area contributed by atoms with Gasteiger partial charge in [-0.2, -0.15) is 13.2 Å². The molecule has 0 radical (unpaired) electrons. The Morgan fingerprint density at radius 3 is 2.36 bits per heavy atom. The minimum atomic E-state index is -4.41. The van der Waals surface area contributed by atoms with Gasteiger partial charge in [0.25, 0.3) is 0 Å². The smallest absolute Gasteiger partial charge is 0.422 e. The second-order valence-electron chi connectivity index (χ2n) is 7.13. The topological polar surface area (TPSA) is 98.8 Å². The van der Waals surface area contributed by atoms with Crippen LogP contribution >= 0.6 is 0 Å². The summed E-state index contributed by atoms with van der Waals surface area (Å²) >= 11 is 0. The van der Waals surface area contributed by atoms with Crippen molar-refractivity contribution in [3.05, 3.63) is 41.4 Å². The maximum atomic E-state index is 12.0. The van der Waals surface area contributed by atoms with Crippen molar-refractivity contribution in [3.8, 4) is 5.88 Å². The fourth-order valence-corrected chi connectivity index (χ4v) is 1.88. The first-order chi connectivity index (χ1) is 12.7. The fourth-order valence-electron chi connectivity index (χ4n) is 1.88. The van der Waals surface area contributed by atoms with Gasteiger partial charge in [0.2, 0.25) is 5.88 Å². The molecule has 28 heavy (non-hydrogen) atoms. The molecule has 7 nitrogen and oxygen atoms in total. The number of aromatic nitrogens is 1. The molecule has 0 spiro atoms. The quantitative estimate of drug-likeness (QED) is 0.802. The summed E-state index contributed by atoms with van der Waals surface area (Å²) in [4.78, 5) is 20.4. The summed E-state index contributed by atoms with van der Waals surface area (Å²) < 4.78 is 40.7. The van der Waals surface area contributed by atoms with Gasteiger partial charge in [0.1, 0.15) is 12.4 Å². The first kappa shape index (κ1) is 23.4. The molecule has 0 aromatic carbocycles. The molecule has 0 unspecified atom stereocenters. The van der Waals surface area contributed by atoms with Gasteiger partial charge in [-0.15, -0.1) is 5.54 Å². The Kier molecular flexibility index (Phi) is 7.98. The normalized spacial score (nSPS) is 14.5. The third-order valence-electron chi connectivity index (χ3n) is 3.03. The predicted octanol–water partition coefficient (Wildman–Crippen LogP) is 4.06. The summed E-state index contributed by atoms with van der Waals surface area (Å²) in [6.45, 7) is 6.53. The van der Waals surface area contributed by atoms with Crippen molar-refractivity contribution >= 4 is 11.7 Å². The summed E-state index contributed by atoms with van der Waals surface area (Å²) in [6.07, 6.45) is -1.54. The Morgan fingerprint density at radius 1 is 1.32 bits per heavy atom. The number of ether oxygens (including phenoxy) is 1. The number of alkyl halides is 3. The summed E-state index contributed by atoms with van der Waals surface area (Å²) in [5.41, 5.74) is 8.15. The van der Waals surface area contributed by atoms with Gasteiger partial charge in [-0.3, -0.25) is 4.99 Å². The number of hydrogen-bond acceptors (Lipinski definition) is 5. The molecular formula is C18H24F3N4O3-. The van der Waals surface area contributed by atoms with Gasteiger partial charge in [-0.1, -0.05) is 26.8 Å². The Balaban J connectivity index is 0.000000696. The first-order valence-electron chi connectivity index (χ1n) is 8.35. The minimum Gasteiger partial charge on any atom is -0.673 e. The fraction of sp³-hybridized carbons (Fsp3) is 0.500. The van der Waals surface area contributed by atoms with E-state index in [1.54, 1.807) is 13.0 Å². The highest BCUT2D eigenvalue weighted by Gasteiger charge is 2.28. The van der Waals surface area contributed by atoms with E-state index in [1.165, 1.54) is 18.3 Å². The largest absolute Gasteiger partial charge is 0.673 e. The number of pyridine rings is 1.